The third kappa shape index (κ3) is 3.86. The second kappa shape index (κ2) is 7.59. The topological polar surface area (TPSA) is 90.5 Å². The number of hydrogen-bond donors (Lipinski definition) is 1. The van der Waals surface area contributed by atoms with Gasteiger partial charge in [-0.3, -0.25) is 9.59 Å². The third-order valence-electron chi connectivity index (χ3n) is 4.50. The first-order valence-electron chi connectivity index (χ1n) is 9.00. The largest absolute Gasteiger partial charge is 0.497 e. The number of methoxy groups -OCH3 is 1. The highest BCUT2D eigenvalue weighted by molar-refractivity contribution is 5.90. The van der Waals surface area contributed by atoms with E-state index in [2.05, 4.69) is 15.5 Å². The minimum Gasteiger partial charge on any atom is -0.497 e. The summed E-state index contributed by atoms with van der Waals surface area (Å²) < 4.78 is 7.64. The lowest BCUT2D eigenvalue weighted by molar-refractivity contribution is -0.117. The number of carbonyl (C=O) groups is 1. The van der Waals surface area contributed by atoms with Crippen LogP contribution in [0.5, 0.6) is 5.75 Å². The maximum Gasteiger partial charge on any atom is 0.293 e. The van der Waals surface area contributed by atoms with Gasteiger partial charge < -0.3 is 10.1 Å². The van der Waals surface area contributed by atoms with Crippen molar-refractivity contribution >= 4 is 17.1 Å². The number of hydrogen-bond acceptors (Lipinski definition) is 5. The number of benzene rings is 2. The second-order valence-electron chi connectivity index (χ2n) is 6.60. The van der Waals surface area contributed by atoms with Gasteiger partial charge in [-0.05, 0) is 37.3 Å². The van der Waals surface area contributed by atoms with Gasteiger partial charge in [-0.15, -0.1) is 0 Å². The lowest BCUT2D eigenvalue weighted by Crippen LogP contribution is -2.30. The number of anilines is 1. The molecule has 0 saturated heterocycles. The van der Waals surface area contributed by atoms with Crippen LogP contribution >= 0.6 is 0 Å². The van der Waals surface area contributed by atoms with E-state index in [9.17, 15) is 9.59 Å². The molecular formula is C21H19N5O3. The van der Waals surface area contributed by atoms with Crippen LogP contribution in [0.15, 0.2) is 65.7 Å². The number of nitrogens with zero attached hydrogens (tertiary/aromatic N) is 4. The van der Waals surface area contributed by atoms with Crippen molar-refractivity contribution in [1.29, 1.82) is 0 Å². The Morgan fingerprint density at radius 1 is 1.10 bits per heavy atom. The normalized spacial score (nSPS) is 10.8. The fraction of sp³-hybridized carbons (Fsp3) is 0.143. The molecule has 4 rings (SSSR count). The Bertz CT molecular complexity index is 1220. The Labute approximate surface area is 166 Å². The highest BCUT2D eigenvalue weighted by Crippen LogP contribution is 2.19. The first-order valence-corrected chi connectivity index (χ1v) is 9.00. The number of amides is 1. The molecule has 0 aliphatic rings. The van der Waals surface area contributed by atoms with Gasteiger partial charge in [0.1, 0.15) is 24.1 Å². The Kier molecular flexibility index (Phi) is 4.82. The van der Waals surface area contributed by atoms with Crippen LogP contribution in [0, 0.1) is 6.92 Å². The fourth-order valence-electron chi connectivity index (χ4n) is 2.93. The second-order valence-corrected chi connectivity index (χ2v) is 6.60. The minimum absolute atomic E-state index is 0.202. The van der Waals surface area contributed by atoms with Crippen LogP contribution in [0.4, 0.5) is 5.69 Å². The minimum atomic E-state index is -0.386. The number of aryl methyl sites for hydroxylation is 1. The summed E-state index contributed by atoms with van der Waals surface area (Å²) in [5.74, 6) is 0.337. The van der Waals surface area contributed by atoms with Gasteiger partial charge >= 0.3 is 0 Å². The van der Waals surface area contributed by atoms with Crippen molar-refractivity contribution in [2.24, 2.45) is 0 Å². The first kappa shape index (κ1) is 18.4. The molecule has 2 aromatic heterocycles. The Morgan fingerprint density at radius 2 is 1.83 bits per heavy atom. The number of carbonyl (C=O) groups excluding carboxylic acids is 1. The molecule has 2 aromatic carbocycles. The first-order chi connectivity index (χ1) is 14.0. The van der Waals surface area contributed by atoms with Crippen LogP contribution in [-0.2, 0) is 11.3 Å². The van der Waals surface area contributed by atoms with E-state index in [4.69, 9.17) is 4.74 Å². The lowest BCUT2D eigenvalue weighted by Gasteiger charge is -2.07. The summed E-state index contributed by atoms with van der Waals surface area (Å²) in [5, 5.41) is 11.2. The van der Waals surface area contributed by atoms with Crippen molar-refractivity contribution in [3.63, 3.8) is 0 Å². The molecule has 8 heteroatoms. The van der Waals surface area contributed by atoms with Crippen LogP contribution in [0.25, 0.3) is 16.8 Å². The predicted octanol–water partition coefficient (Wildman–Crippen LogP) is 2.51. The van der Waals surface area contributed by atoms with E-state index in [-0.39, 0.29) is 18.0 Å². The Morgan fingerprint density at radius 3 is 2.52 bits per heavy atom. The van der Waals surface area contributed by atoms with E-state index in [0.29, 0.717) is 22.6 Å². The fourth-order valence-corrected chi connectivity index (χ4v) is 2.93. The summed E-state index contributed by atoms with van der Waals surface area (Å²) in [6.45, 7) is 1.80. The van der Waals surface area contributed by atoms with Crippen LogP contribution in [0.2, 0.25) is 0 Å². The van der Waals surface area contributed by atoms with Crippen LogP contribution in [0.3, 0.4) is 0 Å². The molecule has 0 aliphatic carbocycles. The van der Waals surface area contributed by atoms with E-state index in [0.717, 1.165) is 15.8 Å². The molecule has 0 fully saturated rings. The number of fused-ring (bicyclic) bond motifs is 1. The summed E-state index contributed by atoms with van der Waals surface area (Å²) in [6.07, 6.45) is 1.43. The van der Waals surface area contributed by atoms with E-state index in [1.165, 1.54) is 10.8 Å². The lowest BCUT2D eigenvalue weighted by atomic mass is 10.1. The van der Waals surface area contributed by atoms with E-state index >= 15 is 0 Å². The third-order valence-corrected chi connectivity index (χ3v) is 4.50. The van der Waals surface area contributed by atoms with Crippen LogP contribution in [0.1, 0.15) is 5.56 Å². The Balaban J connectivity index is 1.56. The van der Waals surface area contributed by atoms with Crippen molar-refractivity contribution in [1.82, 2.24) is 19.4 Å². The van der Waals surface area contributed by atoms with Gasteiger partial charge in [0.15, 0.2) is 0 Å². The number of aromatic nitrogens is 4. The molecule has 4 aromatic rings. The molecule has 1 N–H and O–H groups in total. The molecule has 0 radical (unpaired) electrons. The van der Waals surface area contributed by atoms with Crippen molar-refractivity contribution in [3.8, 4) is 17.0 Å². The van der Waals surface area contributed by atoms with E-state index in [1.807, 2.05) is 31.2 Å². The van der Waals surface area contributed by atoms with Gasteiger partial charge in [-0.1, -0.05) is 29.8 Å². The van der Waals surface area contributed by atoms with Crippen molar-refractivity contribution in [2.75, 3.05) is 12.4 Å². The molecule has 8 nitrogen and oxygen atoms in total. The smallest absolute Gasteiger partial charge is 0.293 e. The predicted molar refractivity (Wildman–Crippen MR) is 109 cm³/mol. The molecule has 146 valence electrons. The molecule has 2 heterocycles. The van der Waals surface area contributed by atoms with Crippen LogP contribution in [-0.4, -0.2) is 32.4 Å². The SMILES string of the molecule is COc1ccc(NC(=O)Cn2ncn3nc(-c4ccc(C)cc4)cc3c2=O)cc1. The molecule has 29 heavy (non-hydrogen) atoms. The molecule has 1 amide bonds. The van der Waals surface area contributed by atoms with Gasteiger partial charge in [0.2, 0.25) is 5.91 Å². The van der Waals surface area contributed by atoms with Gasteiger partial charge in [0.05, 0.1) is 12.8 Å². The Hall–Kier alpha value is -3.94. The zero-order valence-corrected chi connectivity index (χ0v) is 16.0. The van der Waals surface area contributed by atoms with E-state index < -0.39 is 0 Å². The standard InChI is InChI=1S/C21H19N5O3/c1-14-3-5-15(6-4-14)18-11-19-21(28)25(22-13-26(19)24-18)12-20(27)23-16-7-9-17(29-2)10-8-16/h3-11,13H,12H2,1-2H3,(H,23,27). The average molecular weight is 389 g/mol. The monoisotopic (exact) mass is 389 g/mol. The maximum absolute atomic E-state index is 12.7. The average Bonchev–Trinajstić information content (AvgIpc) is 3.16. The molecule has 0 atom stereocenters. The maximum atomic E-state index is 12.7. The summed E-state index contributed by atoms with van der Waals surface area (Å²) >= 11 is 0. The molecule has 0 unspecified atom stereocenters. The van der Waals surface area contributed by atoms with Gasteiger partial charge in [-0.25, -0.2) is 9.20 Å². The van der Waals surface area contributed by atoms with E-state index in [1.54, 1.807) is 37.4 Å². The summed E-state index contributed by atoms with van der Waals surface area (Å²) in [5.41, 5.74) is 3.29. The summed E-state index contributed by atoms with van der Waals surface area (Å²) in [6, 6.07) is 16.5. The number of ether oxygens (including phenoxy) is 1. The molecule has 0 bridgehead atoms. The molecule has 0 spiro atoms. The zero-order valence-electron chi connectivity index (χ0n) is 16.0. The molecule has 0 saturated carbocycles. The van der Waals surface area contributed by atoms with Gasteiger partial charge in [0, 0.05) is 11.3 Å². The van der Waals surface area contributed by atoms with Gasteiger partial charge in [0.25, 0.3) is 5.56 Å². The molecule has 0 aliphatic heterocycles. The summed E-state index contributed by atoms with van der Waals surface area (Å²) in [7, 11) is 1.57. The number of rotatable bonds is 5. The number of nitrogens with one attached hydrogen (secondary N) is 1. The zero-order chi connectivity index (χ0) is 20.4. The quantitative estimate of drug-likeness (QED) is 0.566. The van der Waals surface area contributed by atoms with Crippen molar-refractivity contribution in [2.45, 2.75) is 13.5 Å². The highest BCUT2D eigenvalue weighted by atomic mass is 16.5. The van der Waals surface area contributed by atoms with Crippen LogP contribution < -0.4 is 15.6 Å². The summed E-state index contributed by atoms with van der Waals surface area (Å²) in [4.78, 5) is 25.1. The van der Waals surface area contributed by atoms with Gasteiger partial charge in [-0.2, -0.15) is 10.2 Å². The molecular weight excluding hydrogens is 370 g/mol. The highest BCUT2D eigenvalue weighted by Gasteiger charge is 2.12. The van der Waals surface area contributed by atoms with Crippen molar-refractivity contribution in [3.05, 3.63) is 76.8 Å². The van der Waals surface area contributed by atoms with Crippen molar-refractivity contribution < 1.29 is 9.53 Å².